The largest absolute Gasteiger partial charge is 0.349 e. The maximum atomic E-state index is 13.0. The molecule has 0 N–H and O–H groups in total. The first kappa shape index (κ1) is 14.9. The lowest BCUT2D eigenvalue weighted by Gasteiger charge is -2.23. The van der Waals surface area contributed by atoms with Gasteiger partial charge in [-0.25, -0.2) is 9.37 Å². The summed E-state index contributed by atoms with van der Waals surface area (Å²) in [6, 6.07) is 11.1. The van der Waals surface area contributed by atoms with Gasteiger partial charge in [-0.15, -0.1) is 0 Å². The van der Waals surface area contributed by atoms with E-state index in [-0.39, 0.29) is 17.2 Å². The van der Waals surface area contributed by atoms with Gasteiger partial charge in [0, 0.05) is 18.7 Å². The van der Waals surface area contributed by atoms with Crippen LogP contribution in [0.1, 0.15) is 24.1 Å². The highest BCUT2D eigenvalue weighted by Gasteiger charge is 2.31. The van der Waals surface area contributed by atoms with Crippen LogP contribution < -0.4 is 4.90 Å². The van der Waals surface area contributed by atoms with Gasteiger partial charge in [0.2, 0.25) is 5.69 Å². The van der Waals surface area contributed by atoms with Crippen molar-refractivity contribution in [2.24, 2.45) is 0 Å². The van der Waals surface area contributed by atoms with Crippen LogP contribution in [-0.4, -0.2) is 15.9 Å². The second-order valence-corrected chi connectivity index (χ2v) is 5.39. The van der Waals surface area contributed by atoms with E-state index in [1.165, 1.54) is 18.2 Å². The molecule has 3 rings (SSSR count). The summed E-state index contributed by atoms with van der Waals surface area (Å²) in [5, 5.41) is 20.0. The van der Waals surface area contributed by atoms with E-state index in [0.717, 1.165) is 18.4 Å². The van der Waals surface area contributed by atoms with Crippen molar-refractivity contribution in [3.63, 3.8) is 0 Å². The Morgan fingerprint density at radius 1 is 1.30 bits per heavy atom. The third kappa shape index (κ3) is 3.26. The fraction of sp³-hybridized carbons (Fsp3) is 0.250. The van der Waals surface area contributed by atoms with Crippen LogP contribution in [0.25, 0.3) is 0 Å². The molecular formula is C16H13FN4O2. The molecule has 1 aromatic carbocycles. The van der Waals surface area contributed by atoms with Crippen molar-refractivity contribution in [2.45, 2.75) is 25.4 Å². The Kier molecular flexibility index (Phi) is 3.89. The molecule has 6 nitrogen and oxygen atoms in total. The number of nitriles is 1. The number of benzene rings is 1. The van der Waals surface area contributed by atoms with Crippen LogP contribution in [0.3, 0.4) is 0 Å². The number of aromatic nitrogens is 1. The Hall–Kier alpha value is -3.01. The van der Waals surface area contributed by atoms with E-state index >= 15 is 0 Å². The highest BCUT2D eigenvalue weighted by Crippen LogP contribution is 2.33. The van der Waals surface area contributed by atoms with E-state index in [9.17, 15) is 14.5 Å². The highest BCUT2D eigenvalue weighted by atomic mass is 19.1. The van der Waals surface area contributed by atoms with Gasteiger partial charge >= 0.3 is 5.69 Å². The molecule has 116 valence electrons. The number of nitro groups is 1. The van der Waals surface area contributed by atoms with Gasteiger partial charge in [0.05, 0.1) is 4.92 Å². The summed E-state index contributed by atoms with van der Waals surface area (Å²) in [7, 11) is 0. The summed E-state index contributed by atoms with van der Waals surface area (Å²) < 4.78 is 13.0. The Balaban J connectivity index is 1.91. The van der Waals surface area contributed by atoms with Crippen LogP contribution in [-0.2, 0) is 6.54 Å². The third-order valence-electron chi connectivity index (χ3n) is 3.71. The van der Waals surface area contributed by atoms with Gasteiger partial charge in [-0.2, -0.15) is 5.26 Å². The molecule has 7 heteroatoms. The number of nitrogens with zero attached hydrogens (tertiary/aromatic N) is 4. The predicted octanol–water partition coefficient (Wildman–Crippen LogP) is 3.17. The van der Waals surface area contributed by atoms with Crippen LogP contribution in [0.2, 0.25) is 0 Å². The van der Waals surface area contributed by atoms with E-state index in [1.54, 1.807) is 24.3 Å². The van der Waals surface area contributed by atoms with Gasteiger partial charge in [-0.05, 0) is 36.6 Å². The Morgan fingerprint density at radius 3 is 2.57 bits per heavy atom. The maximum Gasteiger partial charge on any atom is 0.305 e. The lowest BCUT2D eigenvalue weighted by molar-refractivity contribution is -0.385. The molecule has 1 fully saturated rings. The maximum absolute atomic E-state index is 13.0. The average molecular weight is 312 g/mol. The van der Waals surface area contributed by atoms with Crippen LogP contribution in [0.15, 0.2) is 36.4 Å². The zero-order chi connectivity index (χ0) is 16.4. The molecule has 1 aliphatic carbocycles. The summed E-state index contributed by atoms with van der Waals surface area (Å²) in [4.78, 5) is 16.4. The molecule has 1 saturated carbocycles. The second-order valence-electron chi connectivity index (χ2n) is 5.39. The quantitative estimate of drug-likeness (QED) is 0.625. The third-order valence-corrected chi connectivity index (χ3v) is 3.71. The van der Waals surface area contributed by atoms with Crippen LogP contribution in [0, 0.1) is 27.3 Å². The van der Waals surface area contributed by atoms with E-state index in [4.69, 9.17) is 5.26 Å². The molecule has 0 amide bonds. The second kappa shape index (κ2) is 6.01. The number of pyridine rings is 1. The topological polar surface area (TPSA) is 83.1 Å². The van der Waals surface area contributed by atoms with Gasteiger partial charge in [0.1, 0.15) is 17.7 Å². The molecule has 23 heavy (non-hydrogen) atoms. The number of hydrogen-bond donors (Lipinski definition) is 0. The first-order valence-corrected chi connectivity index (χ1v) is 7.15. The lowest BCUT2D eigenvalue weighted by atomic mass is 10.2. The molecule has 1 aliphatic rings. The minimum absolute atomic E-state index is 0.197. The highest BCUT2D eigenvalue weighted by molar-refractivity contribution is 5.53. The van der Waals surface area contributed by atoms with Gasteiger partial charge in [0.25, 0.3) is 0 Å². The summed E-state index contributed by atoms with van der Waals surface area (Å²) in [5.41, 5.74) is 0.419. The van der Waals surface area contributed by atoms with Crippen molar-refractivity contribution in [1.29, 1.82) is 5.26 Å². The fourth-order valence-electron chi connectivity index (χ4n) is 2.40. The number of rotatable bonds is 5. The lowest BCUT2D eigenvalue weighted by Crippen LogP contribution is -2.26. The summed E-state index contributed by atoms with van der Waals surface area (Å²) >= 11 is 0. The van der Waals surface area contributed by atoms with Gasteiger partial charge < -0.3 is 4.90 Å². The van der Waals surface area contributed by atoms with Crippen LogP contribution >= 0.6 is 0 Å². The standard InChI is InChI=1S/C16H13FN4O2/c17-12-3-1-11(2-4-12)10-20(13-5-6-13)16-8-7-15(21(22)23)14(9-18)19-16/h1-4,7-8,13H,5-6,10H2. The molecule has 1 heterocycles. The monoisotopic (exact) mass is 312 g/mol. The van der Waals surface area contributed by atoms with Crippen molar-refractivity contribution in [2.75, 3.05) is 4.90 Å². The number of anilines is 1. The molecule has 0 radical (unpaired) electrons. The first-order valence-electron chi connectivity index (χ1n) is 7.15. The first-order chi connectivity index (χ1) is 11.1. The van der Waals surface area contributed by atoms with Crippen LogP contribution in [0.5, 0.6) is 0 Å². The minimum atomic E-state index is -0.614. The van der Waals surface area contributed by atoms with E-state index in [1.807, 2.05) is 4.90 Å². The molecule has 0 bridgehead atoms. The average Bonchev–Trinajstić information content (AvgIpc) is 3.38. The Morgan fingerprint density at radius 2 is 2.00 bits per heavy atom. The molecule has 0 aliphatic heterocycles. The molecule has 0 unspecified atom stereocenters. The molecule has 2 aromatic rings. The molecule has 1 aromatic heterocycles. The molecule has 0 spiro atoms. The summed E-state index contributed by atoms with van der Waals surface area (Å²) in [6.45, 7) is 0.515. The SMILES string of the molecule is N#Cc1nc(N(Cc2ccc(F)cc2)C2CC2)ccc1[N+](=O)[O-]. The predicted molar refractivity (Wildman–Crippen MR) is 81.2 cm³/mol. The van der Waals surface area contributed by atoms with Crippen molar-refractivity contribution in [1.82, 2.24) is 4.98 Å². The van der Waals surface area contributed by atoms with E-state index < -0.39 is 4.92 Å². The van der Waals surface area contributed by atoms with Crippen molar-refractivity contribution >= 4 is 11.5 Å². The van der Waals surface area contributed by atoms with E-state index in [2.05, 4.69) is 4.98 Å². The number of hydrogen-bond acceptors (Lipinski definition) is 5. The van der Waals surface area contributed by atoms with E-state index in [0.29, 0.717) is 18.4 Å². The normalized spacial score (nSPS) is 13.4. The van der Waals surface area contributed by atoms with Crippen molar-refractivity contribution in [3.8, 4) is 6.07 Å². The zero-order valence-electron chi connectivity index (χ0n) is 12.1. The number of halogens is 1. The Labute approximate surface area is 131 Å². The van der Waals surface area contributed by atoms with Crippen LogP contribution in [0.4, 0.5) is 15.9 Å². The fourth-order valence-corrected chi connectivity index (χ4v) is 2.40. The van der Waals surface area contributed by atoms with Gasteiger partial charge in [0.15, 0.2) is 0 Å². The molecule has 0 atom stereocenters. The van der Waals surface area contributed by atoms with Gasteiger partial charge in [-0.3, -0.25) is 10.1 Å². The minimum Gasteiger partial charge on any atom is -0.349 e. The molecular weight excluding hydrogens is 299 g/mol. The van der Waals surface area contributed by atoms with Crippen molar-refractivity contribution < 1.29 is 9.31 Å². The summed E-state index contributed by atoms with van der Waals surface area (Å²) in [5.74, 6) is 0.228. The smallest absolute Gasteiger partial charge is 0.305 e. The van der Waals surface area contributed by atoms with Crippen molar-refractivity contribution in [3.05, 3.63) is 63.6 Å². The molecule has 0 saturated heterocycles. The summed E-state index contributed by atoms with van der Waals surface area (Å²) in [6.07, 6.45) is 2.00. The Bertz CT molecular complexity index is 782. The zero-order valence-corrected chi connectivity index (χ0v) is 12.1. The van der Waals surface area contributed by atoms with Gasteiger partial charge in [-0.1, -0.05) is 12.1 Å².